The summed E-state index contributed by atoms with van der Waals surface area (Å²) in [7, 11) is 0. The van der Waals surface area contributed by atoms with Gasteiger partial charge in [-0.15, -0.1) is 0 Å². The molecule has 0 spiro atoms. The predicted octanol–water partition coefficient (Wildman–Crippen LogP) is 3.50. The minimum absolute atomic E-state index is 0.00910. The fourth-order valence-corrected chi connectivity index (χ4v) is 2.24. The standard InChI is InChI=1S/C19H24N2O3/c1-14(2)24-17-12-8-7-11-16(17)21-18(22)20-13-19(3,23)15-9-5-4-6-10-15/h4-12,14,23H,13H2,1-3H3,(H2,20,21,22). The minimum atomic E-state index is -1.15. The largest absolute Gasteiger partial charge is 0.489 e. The van der Waals surface area contributed by atoms with Gasteiger partial charge in [-0.1, -0.05) is 42.5 Å². The lowest BCUT2D eigenvalue weighted by molar-refractivity contribution is 0.0599. The molecule has 0 aliphatic carbocycles. The van der Waals surface area contributed by atoms with Crippen molar-refractivity contribution in [2.75, 3.05) is 11.9 Å². The highest BCUT2D eigenvalue weighted by atomic mass is 16.5. The first-order valence-electron chi connectivity index (χ1n) is 7.97. The Morgan fingerprint density at radius 1 is 1.12 bits per heavy atom. The third-order valence-electron chi connectivity index (χ3n) is 3.49. The van der Waals surface area contributed by atoms with Crippen LogP contribution in [0.15, 0.2) is 54.6 Å². The molecule has 0 saturated carbocycles. The van der Waals surface area contributed by atoms with Crippen LogP contribution in [0.5, 0.6) is 5.75 Å². The first-order valence-corrected chi connectivity index (χ1v) is 7.97. The number of carbonyl (C=O) groups is 1. The molecule has 5 heteroatoms. The molecule has 2 rings (SSSR count). The van der Waals surface area contributed by atoms with E-state index in [2.05, 4.69) is 10.6 Å². The summed E-state index contributed by atoms with van der Waals surface area (Å²) in [5.41, 5.74) is 0.184. The average molecular weight is 328 g/mol. The summed E-state index contributed by atoms with van der Waals surface area (Å²) < 4.78 is 5.67. The van der Waals surface area contributed by atoms with Crippen LogP contribution < -0.4 is 15.4 Å². The molecule has 2 amide bonds. The Balaban J connectivity index is 1.97. The van der Waals surface area contributed by atoms with Crippen LogP contribution in [0, 0.1) is 0 Å². The van der Waals surface area contributed by atoms with E-state index in [0.29, 0.717) is 11.4 Å². The number of urea groups is 1. The number of hydrogen-bond donors (Lipinski definition) is 3. The van der Waals surface area contributed by atoms with Crippen LogP contribution in [0.4, 0.5) is 10.5 Å². The maximum atomic E-state index is 12.1. The maximum Gasteiger partial charge on any atom is 0.319 e. The highest BCUT2D eigenvalue weighted by molar-refractivity contribution is 5.90. The predicted molar refractivity (Wildman–Crippen MR) is 95.2 cm³/mol. The zero-order chi connectivity index (χ0) is 17.6. The molecule has 24 heavy (non-hydrogen) atoms. The molecule has 0 bridgehead atoms. The minimum Gasteiger partial charge on any atom is -0.489 e. The van der Waals surface area contributed by atoms with E-state index < -0.39 is 11.6 Å². The third-order valence-corrected chi connectivity index (χ3v) is 3.49. The number of ether oxygens (including phenoxy) is 1. The first kappa shape index (κ1) is 17.8. The molecule has 128 valence electrons. The van der Waals surface area contributed by atoms with E-state index >= 15 is 0 Å². The Labute approximate surface area is 142 Å². The van der Waals surface area contributed by atoms with Gasteiger partial charge in [0.15, 0.2) is 0 Å². The normalized spacial score (nSPS) is 13.2. The van der Waals surface area contributed by atoms with Crippen LogP contribution in [0.25, 0.3) is 0 Å². The first-order chi connectivity index (χ1) is 11.4. The van der Waals surface area contributed by atoms with Gasteiger partial charge in [-0.2, -0.15) is 0 Å². The lowest BCUT2D eigenvalue weighted by Crippen LogP contribution is -2.40. The summed E-state index contributed by atoms with van der Waals surface area (Å²) in [4.78, 5) is 12.1. The second-order valence-electron chi connectivity index (χ2n) is 6.11. The van der Waals surface area contributed by atoms with Gasteiger partial charge in [-0.05, 0) is 38.5 Å². The van der Waals surface area contributed by atoms with E-state index in [1.807, 2.05) is 56.3 Å². The second kappa shape index (κ2) is 7.84. The number of aliphatic hydroxyl groups is 1. The summed E-state index contributed by atoms with van der Waals surface area (Å²) in [6.45, 7) is 5.61. The number of carbonyl (C=O) groups excluding carboxylic acids is 1. The van der Waals surface area contributed by atoms with Crippen molar-refractivity contribution >= 4 is 11.7 Å². The van der Waals surface area contributed by atoms with Gasteiger partial charge < -0.3 is 20.5 Å². The molecule has 5 nitrogen and oxygen atoms in total. The molecule has 3 N–H and O–H groups in total. The molecule has 0 heterocycles. The van der Waals surface area contributed by atoms with Crippen molar-refractivity contribution < 1.29 is 14.6 Å². The lowest BCUT2D eigenvalue weighted by Gasteiger charge is -2.24. The van der Waals surface area contributed by atoms with Gasteiger partial charge in [0.2, 0.25) is 0 Å². The van der Waals surface area contributed by atoms with Gasteiger partial charge >= 0.3 is 6.03 Å². The highest BCUT2D eigenvalue weighted by Gasteiger charge is 2.23. The van der Waals surface area contributed by atoms with Crippen molar-refractivity contribution in [1.82, 2.24) is 5.32 Å². The van der Waals surface area contributed by atoms with E-state index in [-0.39, 0.29) is 12.6 Å². The SMILES string of the molecule is CC(C)Oc1ccccc1NC(=O)NCC(C)(O)c1ccccc1. The van der Waals surface area contributed by atoms with Crippen LogP contribution in [0.2, 0.25) is 0 Å². The van der Waals surface area contributed by atoms with Crippen molar-refractivity contribution in [2.45, 2.75) is 32.5 Å². The van der Waals surface area contributed by atoms with Crippen molar-refractivity contribution in [1.29, 1.82) is 0 Å². The van der Waals surface area contributed by atoms with Crippen molar-refractivity contribution in [3.8, 4) is 5.75 Å². The molecular formula is C19H24N2O3. The van der Waals surface area contributed by atoms with Gasteiger partial charge in [0.1, 0.15) is 11.4 Å². The molecule has 0 radical (unpaired) electrons. The van der Waals surface area contributed by atoms with Gasteiger partial charge in [-0.3, -0.25) is 0 Å². The van der Waals surface area contributed by atoms with Crippen LogP contribution in [0.3, 0.4) is 0 Å². The summed E-state index contributed by atoms with van der Waals surface area (Å²) in [5, 5.41) is 16.0. The van der Waals surface area contributed by atoms with Gasteiger partial charge in [-0.25, -0.2) is 4.79 Å². The highest BCUT2D eigenvalue weighted by Crippen LogP contribution is 2.25. The Morgan fingerprint density at radius 3 is 2.42 bits per heavy atom. The molecule has 0 saturated heterocycles. The maximum absolute atomic E-state index is 12.1. The van der Waals surface area contributed by atoms with E-state index in [4.69, 9.17) is 4.74 Å². The second-order valence-corrected chi connectivity index (χ2v) is 6.11. The van der Waals surface area contributed by atoms with Gasteiger partial charge in [0.25, 0.3) is 0 Å². The Morgan fingerprint density at radius 2 is 1.75 bits per heavy atom. The molecule has 1 atom stereocenters. The molecule has 2 aromatic rings. The van der Waals surface area contributed by atoms with Crippen LogP contribution in [0.1, 0.15) is 26.3 Å². The molecular weight excluding hydrogens is 304 g/mol. The Bertz CT molecular complexity index is 669. The zero-order valence-electron chi connectivity index (χ0n) is 14.2. The number of hydrogen-bond acceptors (Lipinski definition) is 3. The number of anilines is 1. The molecule has 0 aromatic heterocycles. The number of para-hydroxylation sites is 2. The smallest absolute Gasteiger partial charge is 0.319 e. The fraction of sp³-hybridized carbons (Fsp3) is 0.316. The molecule has 2 aromatic carbocycles. The number of nitrogens with one attached hydrogen (secondary N) is 2. The van der Waals surface area contributed by atoms with Crippen molar-refractivity contribution in [3.05, 3.63) is 60.2 Å². The third kappa shape index (κ3) is 4.99. The van der Waals surface area contributed by atoms with Crippen LogP contribution in [-0.4, -0.2) is 23.8 Å². The lowest BCUT2D eigenvalue weighted by atomic mass is 9.96. The summed E-state index contributed by atoms with van der Waals surface area (Å²) in [6.07, 6.45) is 0.00910. The van der Waals surface area contributed by atoms with E-state index in [1.54, 1.807) is 19.1 Å². The number of amides is 2. The number of rotatable bonds is 6. The molecule has 1 unspecified atom stereocenters. The Hall–Kier alpha value is -2.53. The van der Waals surface area contributed by atoms with E-state index in [1.165, 1.54) is 0 Å². The number of benzene rings is 2. The zero-order valence-corrected chi connectivity index (χ0v) is 14.2. The topological polar surface area (TPSA) is 70.6 Å². The average Bonchev–Trinajstić information content (AvgIpc) is 2.55. The monoisotopic (exact) mass is 328 g/mol. The molecule has 0 fully saturated rings. The summed E-state index contributed by atoms with van der Waals surface area (Å²) in [6, 6.07) is 16.1. The summed E-state index contributed by atoms with van der Waals surface area (Å²) >= 11 is 0. The van der Waals surface area contributed by atoms with Crippen molar-refractivity contribution in [3.63, 3.8) is 0 Å². The van der Waals surface area contributed by atoms with Crippen LogP contribution in [-0.2, 0) is 5.60 Å². The molecule has 0 aliphatic rings. The van der Waals surface area contributed by atoms with Crippen LogP contribution >= 0.6 is 0 Å². The van der Waals surface area contributed by atoms with E-state index in [0.717, 1.165) is 5.56 Å². The van der Waals surface area contributed by atoms with Gasteiger partial charge in [0, 0.05) is 0 Å². The quantitative estimate of drug-likeness (QED) is 0.760. The fourth-order valence-electron chi connectivity index (χ4n) is 2.24. The van der Waals surface area contributed by atoms with Gasteiger partial charge in [0.05, 0.1) is 18.3 Å². The Kier molecular flexibility index (Phi) is 5.82. The molecule has 0 aliphatic heterocycles. The summed E-state index contributed by atoms with van der Waals surface area (Å²) in [5.74, 6) is 0.609. The van der Waals surface area contributed by atoms with E-state index in [9.17, 15) is 9.90 Å². The van der Waals surface area contributed by atoms with Crippen molar-refractivity contribution in [2.24, 2.45) is 0 Å².